The van der Waals surface area contributed by atoms with Gasteiger partial charge in [-0.2, -0.15) is 0 Å². The number of aryl methyl sites for hydroxylation is 1. The van der Waals surface area contributed by atoms with Crippen molar-refractivity contribution in [2.45, 2.75) is 13.8 Å². The second-order valence-corrected chi connectivity index (χ2v) is 4.89. The zero-order chi connectivity index (χ0) is 16.1. The monoisotopic (exact) mass is 298 g/mol. The molecule has 1 amide bonds. The van der Waals surface area contributed by atoms with Crippen LogP contribution in [0.5, 0.6) is 5.75 Å². The third kappa shape index (κ3) is 3.85. The highest BCUT2D eigenvalue weighted by atomic mass is 16.5. The average Bonchev–Trinajstić information content (AvgIpc) is 2.50. The molecule has 0 fully saturated rings. The highest BCUT2D eigenvalue weighted by Crippen LogP contribution is 2.19. The van der Waals surface area contributed by atoms with Crippen molar-refractivity contribution < 1.29 is 19.4 Å². The Bertz CT molecular complexity index is 692. The molecule has 5 heteroatoms. The predicted octanol–water partition coefficient (Wildman–Crippen LogP) is 1.68. The van der Waals surface area contributed by atoms with Gasteiger partial charge in [-0.3, -0.25) is 4.79 Å². The number of aliphatic carboxylic acids is 1. The van der Waals surface area contributed by atoms with Gasteiger partial charge < -0.3 is 20.0 Å². The van der Waals surface area contributed by atoms with Crippen molar-refractivity contribution in [2.75, 3.05) is 11.9 Å². The van der Waals surface area contributed by atoms with Crippen molar-refractivity contribution >= 4 is 17.6 Å². The number of carboxylic acid groups (broad SMARTS) is 1. The molecule has 0 aliphatic carbocycles. The second-order valence-electron chi connectivity index (χ2n) is 4.89. The van der Waals surface area contributed by atoms with Crippen LogP contribution in [0, 0.1) is 13.8 Å². The van der Waals surface area contributed by atoms with E-state index in [2.05, 4.69) is 5.32 Å². The van der Waals surface area contributed by atoms with Crippen LogP contribution in [0.15, 0.2) is 42.5 Å². The molecule has 0 heterocycles. The number of benzene rings is 2. The first-order valence-electron chi connectivity index (χ1n) is 6.77. The Morgan fingerprint density at radius 2 is 1.77 bits per heavy atom. The largest absolute Gasteiger partial charge is 0.546 e. The number of hydrogen-bond acceptors (Lipinski definition) is 4. The minimum atomic E-state index is -1.29. The molecule has 0 radical (unpaired) electrons. The molecule has 0 unspecified atom stereocenters. The average molecular weight is 298 g/mol. The van der Waals surface area contributed by atoms with Crippen LogP contribution in [0.2, 0.25) is 0 Å². The highest BCUT2D eigenvalue weighted by molar-refractivity contribution is 6.04. The quantitative estimate of drug-likeness (QED) is 0.911. The third-order valence-electron chi connectivity index (χ3n) is 3.33. The summed E-state index contributed by atoms with van der Waals surface area (Å²) in [5.41, 5.74) is 3.34. The van der Waals surface area contributed by atoms with Gasteiger partial charge in [-0.15, -0.1) is 0 Å². The van der Waals surface area contributed by atoms with E-state index in [1.54, 1.807) is 24.3 Å². The minimum absolute atomic E-state index is 0.236. The van der Waals surface area contributed by atoms with Crippen LogP contribution in [0.3, 0.4) is 0 Å². The number of carboxylic acids is 1. The number of carbonyl (C=O) groups is 2. The summed E-state index contributed by atoms with van der Waals surface area (Å²) in [5.74, 6) is -1.16. The Balaban J connectivity index is 2.06. The van der Waals surface area contributed by atoms with Gasteiger partial charge in [-0.05, 0) is 55.3 Å². The molecule has 0 saturated carbocycles. The van der Waals surface area contributed by atoms with Crippen molar-refractivity contribution in [2.24, 2.45) is 0 Å². The SMILES string of the molecule is Cc1cccc(NC(=O)c2ccc(OCC(=O)[O-])cc2)c1C. The fourth-order valence-electron chi connectivity index (χ4n) is 1.93. The maximum absolute atomic E-state index is 12.2. The summed E-state index contributed by atoms with van der Waals surface area (Å²) >= 11 is 0. The maximum Gasteiger partial charge on any atom is 0.255 e. The van der Waals surface area contributed by atoms with Gasteiger partial charge in [0.25, 0.3) is 5.91 Å². The lowest BCUT2D eigenvalue weighted by Gasteiger charge is -2.11. The molecule has 114 valence electrons. The van der Waals surface area contributed by atoms with E-state index < -0.39 is 12.6 Å². The number of nitrogens with one attached hydrogen (secondary N) is 1. The van der Waals surface area contributed by atoms with Gasteiger partial charge in [-0.1, -0.05) is 12.1 Å². The van der Waals surface area contributed by atoms with E-state index in [-0.39, 0.29) is 5.91 Å². The number of amides is 1. The molecule has 5 nitrogen and oxygen atoms in total. The van der Waals surface area contributed by atoms with E-state index in [1.807, 2.05) is 32.0 Å². The van der Waals surface area contributed by atoms with Crippen LogP contribution in [0.1, 0.15) is 21.5 Å². The van der Waals surface area contributed by atoms with Crippen LogP contribution >= 0.6 is 0 Å². The van der Waals surface area contributed by atoms with Gasteiger partial charge in [-0.25, -0.2) is 0 Å². The summed E-state index contributed by atoms with van der Waals surface area (Å²) in [4.78, 5) is 22.5. The number of rotatable bonds is 5. The third-order valence-corrected chi connectivity index (χ3v) is 3.33. The Morgan fingerprint density at radius 3 is 2.41 bits per heavy atom. The molecular weight excluding hydrogens is 282 g/mol. The van der Waals surface area contributed by atoms with E-state index in [0.29, 0.717) is 11.3 Å². The highest BCUT2D eigenvalue weighted by Gasteiger charge is 2.08. The smallest absolute Gasteiger partial charge is 0.255 e. The van der Waals surface area contributed by atoms with Gasteiger partial charge in [0.15, 0.2) is 0 Å². The summed E-state index contributed by atoms with van der Waals surface area (Å²) in [6, 6.07) is 11.9. The fourth-order valence-corrected chi connectivity index (χ4v) is 1.93. The summed E-state index contributed by atoms with van der Waals surface area (Å²) in [7, 11) is 0. The Labute approximate surface area is 128 Å². The van der Waals surface area contributed by atoms with E-state index >= 15 is 0 Å². The summed E-state index contributed by atoms with van der Waals surface area (Å²) < 4.78 is 4.96. The topological polar surface area (TPSA) is 78.5 Å². The molecule has 1 N–H and O–H groups in total. The van der Waals surface area contributed by atoms with E-state index in [1.165, 1.54) is 0 Å². The summed E-state index contributed by atoms with van der Waals surface area (Å²) in [6.45, 7) is 3.41. The Morgan fingerprint density at radius 1 is 1.09 bits per heavy atom. The van der Waals surface area contributed by atoms with Gasteiger partial charge in [0, 0.05) is 11.3 Å². The van der Waals surface area contributed by atoms with Gasteiger partial charge >= 0.3 is 0 Å². The number of ether oxygens (including phenoxy) is 1. The fraction of sp³-hybridized carbons (Fsp3) is 0.176. The first-order chi connectivity index (χ1) is 10.5. The lowest BCUT2D eigenvalue weighted by molar-refractivity contribution is -0.307. The Hall–Kier alpha value is -2.82. The lowest BCUT2D eigenvalue weighted by Crippen LogP contribution is -2.28. The molecular formula is C17H16NO4-. The summed E-state index contributed by atoms with van der Waals surface area (Å²) in [6.07, 6.45) is 0. The first kappa shape index (κ1) is 15.6. The van der Waals surface area contributed by atoms with Gasteiger partial charge in [0.1, 0.15) is 12.4 Å². The minimum Gasteiger partial charge on any atom is -0.546 e. The standard InChI is InChI=1S/C17H17NO4/c1-11-4-3-5-15(12(11)2)18-17(21)13-6-8-14(9-7-13)22-10-16(19)20/h3-9H,10H2,1-2H3,(H,18,21)(H,19,20)/p-1. The van der Waals surface area contributed by atoms with E-state index in [9.17, 15) is 14.7 Å². The molecule has 2 rings (SSSR count). The van der Waals surface area contributed by atoms with Crippen molar-refractivity contribution in [3.8, 4) is 5.75 Å². The van der Waals surface area contributed by atoms with Crippen molar-refractivity contribution in [3.63, 3.8) is 0 Å². The maximum atomic E-state index is 12.2. The van der Waals surface area contributed by atoms with Crippen molar-refractivity contribution in [3.05, 3.63) is 59.2 Å². The first-order valence-corrected chi connectivity index (χ1v) is 6.77. The summed E-state index contributed by atoms with van der Waals surface area (Å²) in [5, 5.41) is 13.2. The van der Waals surface area contributed by atoms with Crippen LogP contribution in [-0.4, -0.2) is 18.5 Å². The van der Waals surface area contributed by atoms with Gasteiger partial charge in [0.05, 0.1) is 5.97 Å². The molecule has 2 aromatic carbocycles. The van der Waals surface area contributed by atoms with Crippen LogP contribution < -0.4 is 15.2 Å². The molecule has 0 aliphatic heterocycles. The molecule has 22 heavy (non-hydrogen) atoms. The zero-order valence-electron chi connectivity index (χ0n) is 12.4. The van der Waals surface area contributed by atoms with Crippen molar-refractivity contribution in [1.29, 1.82) is 0 Å². The molecule has 0 aliphatic rings. The van der Waals surface area contributed by atoms with E-state index in [4.69, 9.17) is 4.74 Å². The second kappa shape index (κ2) is 6.76. The molecule has 2 aromatic rings. The van der Waals surface area contributed by atoms with Crippen LogP contribution in [-0.2, 0) is 4.79 Å². The predicted molar refractivity (Wildman–Crippen MR) is 80.8 cm³/mol. The zero-order valence-corrected chi connectivity index (χ0v) is 12.4. The number of anilines is 1. The molecule has 0 atom stereocenters. The lowest BCUT2D eigenvalue weighted by atomic mass is 10.1. The normalized spacial score (nSPS) is 10.1. The van der Waals surface area contributed by atoms with Crippen molar-refractivity contribution in [1.82, 2.24) is 0 Å². The molecule has 0 bridgehead atoms. The van der Waals surface area contributed by atoms with Crippen LogP contribution in [0.4, 0.5) is 5.69 Å². The Kier molecular flexibility index (Phi) is 4.78. The van der Waals surface area contributed by atoms with E-state index in [0.717, 1.165) is 16.8 Å². The van der Waals surface area contributed by atoms with Crippen LogP contribution in [0.25, 0.3) is 0 Å². The molecule has 0 spiro atoms. The van der Waals surface area contributed by atoms with Gasteiger partial charge in [0.2, 0.25) is 0 Å². The molecule has 0 saturated heterocycles. The number of carbonyl (C=O) groups excluding carboxylic acids is 2. The number of hydrogen-bond donors (Lipinski definition) is 1. The molecule has 0 aromatic heterocycles.